The van der Waals surface area contributed by atoms with Gasteiger partial charge in [-0.1, -0.05) is 184 Å². The summed E-state index contributed by atoms with van der Waals surface area (Å²) in [5, 5.41) is 10.9. The maximum Gasteiger partial charge on any atom is 0.143 e. The van der Waals surface area contributed by atoms with Gasteiger partial charge in [-0.25, -0.2) is 0 Å². The van der Waals surface area contributed by atoms with Crippen LogP contribution in [0.1, 0.15) is 53.9 Å². The third-order valence-corrected chi connectivity index (χ3v) is 12.7. The van der Waals surface area contributed by atoms with E-state index in [1.165, 1.54) is 49.5 Å². The average molecular weight is 773 g/mol. The molecule has 0 spiro atoms. The molecule has 0 radical (unpaired) electrons. The van der Waals surface area contributed by atoms with Gasteiger partial charge in [-0.15, -0.1) is 0 Å². The Labute approximate surface area is 350 Å². The van der Waals surface area contributed by atoms with E-state index in [0.29, 0.717) is 0 Å². The SMILES string of the molecule is CC1(C)c2cc3ccccc3cc2-c2c(-c3cccc(/C=C/C(NC(N)c4ccccc4)c4ccc(-c5cccc6oc7c8ccccc8ccc7c56)cc4)c3)cccc21. The molecule has 1 aliphatic rings. The van der Waals surface area contributed by atoms with Gasteiger partial charge in [0, 0.05) is 21.6 Å². The summed E-state index contributed by atoms with van der Waals surface area (Å²) in [5.74, 6) is 0. The molecule has 0 saturated heterocycles. The molecule has 1 heterocycles. The summed E-state index contributed by atoms with van der Waals surface area (Å²) >= 11 is 0. The summed E-state index contributed by atoms with van der Waals surface area (Å²) in [5.41, 5.74) is 22.1. The number of hydrogen-bond acceptors (Lipinski definition) is 3. The van der Waals surface area contributed by atoms with Crippen LogP contribution in [0, 0.1) is 0 Å². The Morgan fingerprint density at radius 1 is 0.533 bits per heavy atom. The molecule has 0 bridgehead atoms. The predicted molar refractivity (Wildman–Crippen MR) is 252 cm³/mol. The Bertz CT molecular complexity index is 3280. The van der Waals surface area contributed by atoms with Crippen LogP contribution in [0.15, 0.2) is 199 Å². The van der Waals surface area contributed by atoms with E-state index < -0.39 is 0 Å². The lowest BCUT2D eigenvalue weighted by molar-refractivity contribution is 0.509. The maximum absolute atomic E-state index is 6.86. The number of fused-ring (bicyclic) bond motifs is 9. The van der Waals surface area contributed by atoms with Crippen molar-refractivity contribution >= 4 is 49.6 Å². The molecule has 9 aromatic carbocycles. The number of hydrogen-bond donors (Lipinski definition) is 2. The fourth-order valence-electron chi connectivity index (χ4n) is 9.61. The van der Waals surface area contributed by atoms with E-state index in [9.17, 15) is 0 Å². The van der Waals surface area contributed by atoms with Gasteiger partial charge in [-0.05, 0) is 108 Å². The van der Waals surface area contributed by atoms with Crippen molar-refractivity contribution in [2.45, 2.75) is 31.5 Å². The van der Waals surface area contributed by atoms with Crippen molar-refractivity contribution in [3.8, 4) is 33.4 Å². The fraction of sp³-hybridized carbons (Fsp3) is 0.0877. The van der Waals surface area contributed by atoms with Crippen molar-refractivity contribution in [1.82, 2.24) is 5.32 Å². The third kappa shape index (κ3) is 6.05. The number of benzene rings is 9. The van der Waals surface area contributed by atoms with Crippen molar-refractivity contribution in [1.29, 1.82) is 0 Å². The lowest BCUT2D eigenvalue weighted by Gasteiger charge is -2.22. The molecule has 3 nitrogen and oxygen atoms in total. The van der Waals surface area contributed by atoms with E-state index in [0.717, 1.165) is 55.1 Å². The van der Waals surface area contributed by atoms with Crippen molar-refractivity contribution in [2.24, 2.45) is 5.73 Å². The fourth-order valence-corrected chi connectivity index (χ4v) is 9.61. The van der Waals surface area contributed by atoms with Crippen LogP contribution in [0.5, 0.6) is 0 Å². The lowest BCUT2D eigenvalue weighted by Crippen LogP contribution is -2.31. The second-order valence-electron chi connectivity index (χ2n) is 16.7. The predicted octanol–water partition coefficient (Wildman–Crippen LogP) is 14.5. The molecule has 3 heteroatoms. The normalized spacial score (nSPS) is 14.2. The van der Waals surface area contributed by atoms with Gasteiger partial charge in [0.2, 0.25) is 0 Å². The van der Waals surface area contributed by atoms with Crippen molar-refractivity contribution in [2.75, 3.05) is 0 Å². The first-order chi connectivity index (χ1) is 29.4. The standard InChI is InChI=1S/C57H44N2O/c1-57(2)49-23-11-21-45(53(49)48-34-41-17-6-7-18-42(41)35-50(48)57)43-19-10-13-36(33-43)25-32-51(59-56(58)40-15-4-3-5-16-40)39-28-26-38(27-29-39)44-22-12-24-52-54(44)47-31-30-37-14-8-9-20-46(37)55(47)60-52/h3-35,51,56,59H,58H2,1-2H3/b32-25+. The van der Waals surface area contributed by atoms with Crippen LogP contribution in [0.4, 0.5) is 0 Å². The highest BCUT2D eigenvalue weighted by Crippen LogP contribution is 2.53. The molecule has 10 aromatic rings. The lowest BCUT2D eigenvalue weighted by atomic mass is 9.81. The minimum absolute atomic E-state index is 0.0953. The van der Waals surface area contributed by atoms with Crippen LogP contribution in [0.2, 0.25) is 0 Å². The molecule has 2 unspecified atom stereocenters. The summed E-state index contributed by atoms with van der Waals surface area (Å²) < 4.78 is 6.51. The molecule has 11 rings (SSSR count). The molecule has 288 valence electrons. The number of furan rings is 1. The van der Waals surface area contributed by atoms with Gasteiger partial charge in [0.15, 0.2) is 0 Å². The smallest absolute Gasteiger partial charge is 0.143 e. The third-order valence-electron chi connectivity index (χ3n) is 12.7. The van der Waals surface area contributed by atoms with Crippen LogP contribution in [0.25, 0.3) is 82.9 Å². The van der Waals surface area contributed by atoms with E-state index in [-0.39, 0.29) is 17.6 Å². The van der Waals surface area contributed by atoms with E-state index in [1.54, 1.807) is 0 Å². The maximum atomic E-state index is 6.86. The minimum Gasteiger partial charge on any atom is -0.455 e. The summed E-state index contributed by atoms with van der Waals surface area (Å²) in [6.07, 6.45) is 4.11. The zero-order valence-electron chi connectivity index (χ0n) is 33.7. The van der Waals surface area contributed by atoms with Gasteiger partial charge in [-0.2, -0.15) is 0 Å². The van der Waals surface area contributed by atoms with Crippen molar-refractivity contribution < 1.29 is 4.42 Å². The second kappa shape index (κ2) is 14.4. The molecule has 1 aromatic heterocycles. The monoisotopic (exact) mass is 772 g/mol. The summed E-state index contributed by atoms with van der Waals surface area (Å²) in [6, 6.07) is 67.3. The second-order valence-corrected chi connectivity index (χ2v) is 16.7. The molecule has 2 atom stereocenters. The van der Waals surface area contributed by atoms with Crippen LogP contribution in [0.3, 0.4) is 0 Å². The number of nitrogens with two attached hydrogens (primary N) is 1. The number of nitrogens with one attached hydrogen (secondary N) is 1. The minimum atomic E-state index is -0.362. The van der Waals surface area contributed by atoms with Gasteiger partial charge in [0.25, 0.3) is 0 Å². The quantitative estimate of drug-likeness (QED) is 0.151. The van der Waals surface area contributed by atoms with Crippen LogP contribution >= 0.6 is 0 Å². The first kappa shape index (κ1) is 36.1. The molecule has 60 heavy (non-hydrogen) atoms. The molecule has 3 N–H and O–H groups in total. The Morgan fingerprint density at radius 2 is 1.25 bits per heavy atom. The molecule has 0 aliphatic heterocycles. The molecular formula is C57H44N2O. The zero-order valence-corrected chi connectivity index (χ0v) is 33.7. The first-order valence-corrected chi connectivity index (χ1v) is 20.9. The molecule has 0 amide bonds. The van der Waals surface area contributed by atoms with Gasteiger partial charge in [0.05, 0.1) is 12.2 Å². The molecular weight excluding hydrogens is 729 g/mol. The van der Waals surface area contributed by atoms with Crippen LogP contribution < -0.4 is 11.1 Å². The average Bonchev–Trinajstić information content (AvgIpc) is 3.79. The Morgan fingerprint density at radius 3 is 2.08 bits per heavy atom. The highest BCUT2D eigenvalue weighted by molar-refractivity contribution is 6.19. The summed E-state index contributed by atoms with van der Waals surface area (Å²) in [6.45, 7) is 4.72. The van der Waals surface area contributed by atoms with Gasteiger partial charge < -0.3 is 10.2 Å². The Hall–Kier alpha value is -7.04. The van der Waals surface area contributed by atoms with Gasteiger partial charge in [0.1, 0.15) is 11.2 Å². The Kier molecular flexibility index (Phi) is 8.63. The van der Waals surface area contributed by atoms with Crippen LogP contribution in [-0.2, 0) is 5.41 Å². The first-order valence-electron chi connectivity index (χ1n) is 20.9. The van der Waals surface area contributed by atoms with E-state index in [4.69, 9.17) is 10.2 Å². The van der Waals surface area contributed by atoms with Gasteiger partial charge in [-0.3, -0.25) is 5.32 Å². The van der Waals surface area contributed by atoms with Crippen molar-refractivity contribution in [3.63, 3.8) is 0 Å². The topological polar surface area (TPSA) is 51.2 Å². The van der Waals surface area contributed by atoms with E-state index in [1.807, 2.05) is 18.2 Å². The highest BCUT2D eigenvalue weighted by atomic mass is 16.3. The van der Waals surface area contributed by atoms with Crippen molar-refractivity contribution in [3.05, 3.63) is 222 Å². The van der Waals surface area contributed by atoms with E-state index >= 15 is 0 Å². The summed E-state index contributed by atoms with van der Waals surface area (Å²) in [7, 11) is 0. The highest BCUT2D eigenvalue weighted by Gasteiger charge is 2.37. The molecule has 0 saturated carbocycles. The molecule has 1 aliphatic carbocycles. The largest absolute Gasteiger partial charge is 0.455 e. The summed E-state index contributed by atoms with van der Waals surface area (Å²) in [4.78, 5) is 0. The Balaban J connectivity index is 0.954. The van der Waals surface area contributed by atoms with Gasteiger partial charge >= 0.3 is 0 Å². The zero-order chi connectivity index (χ0) is 40.4. The van der Waals surface area contributed by atoms with E-state index in [2.05, 4.69) is 201 Å². The number of rotatable bonds is 8. The molecule has 0 fully saturated rings. The van der Waals surface area contributed by atoms with Crippen LogP contribution in [-0.4, -0.2) is 0 Å².